The predicted molar refractivity (Wildman–Crippen MR) is 49.6 cm³/mol. The molecular weight excluding hydrogens is 177 g/mol. The first kappa shape index (κ1) is 15.9. The number of carbonyl (C=O) groups excluding carboxylic acids is 1. The van der Waals surface area contributed by atoms with E-state index >= 15 is 0 Å². The average molecular weight is 197 g/mol. The third-order valence-electron chi connectivity index (χ3n) is 1.73. The molecule has 4 heteroatoms. The second-order valence-corrected chi connectivity index (χ2v) is 2.85. The summed E-state index contributed by atoms with van der Waals surface area (Å²) in [5, 5.41) is 0. The summed E-state index contributed by atoms with van der Waals surface area (Å²) in [4.78, 5) is 14.5. The van der Waals surface area contributed by atoms with Crippen LogP contribution in [-0.4, -0.2) is 13.0 Å². The standard InChI is InChI=1S/C9H19NO2.Na.H/c1-2-3-4-5-6-7-8-12-10-9-11;;/h9H,2-8H2,1H3,(H,10,11);;/q;+1;-1. The Kier molecular flexibility index (Phi) is 18.2. The number of hydroxylamine groups is 1. The number of amides is 1. The Morgan fingerprint density at radius 1 is 1.23 bits per heavy atom. The van der Waals surface area contributed by atoms with Gasteiger partial charge in [0.15, 0.2) is 0 Å². The second-order valence-electron chi connectivity index (χ2n) is 2.85. The first-order chi connectivity index (χ1) is 5.91. The van der Waals surface area contributed by atoms with Crippen LogP contribution in [0.5, 0.6) is 0 Å². The van der Waals surface area contributed by atoms with E-state index in [9.17, 15) is 4.79 Å². The molecule has 0 aliphatic rings. The van der Waals surface area contributed by atoms with E-state index < -0.39 is 0 Å². The van der Waals surface area contributed by atoms with Crippen LogP contribution >= 0.6 is 0 Å². The van der Waals surface area contributed by atoms with Gasteiger partial charge < -0.3 is 1.43 Å². The van der Waals surface area contributed by atoms with E-state index in [0.29, 0.717) is 13.0 Å². The number of unbranched alkanes of at least 4 members (excludes halogenated alkanes) is 5. The maximum Gasteiger partial charge on any atom is 1.00 e. The van der Waals surface area contributed by atoms with Gasteiger partial charge in [0.05, 0.1) is 6.61 Å². The Balaban J connectivity index is -0.000000605. The van der Waals surface area contributed by atoms with Gasteiger partial charge in [-0.15, -0.1) is 0 Å². The fraction of sp³-hybridized carbons (Fsp3) is 0.889. The molecule has 3 nitrogen and oxygen atoms in total. The fourth-order valence-electron chi connectivity index (χ4n) is 1.05. The van der Waals surface area contributed by atoms with Gasteiger partial charge >= 0.3 is 29.6 Å². The molecule has 0 aromatic carbocycles. The van der Waals surface area contributed by atoms with Gasteiger partial charge in [0, 0.05) is 0 Å². The summed E-state index contributed by atoms with van der Waals surface area (Å²) < 4.78 is 0. The van der Waals surface area contributed by atoms with Crippen molar-refractivity contribution in [2.45, 2.75) is 45.4 Å². The molecule has 0 aliphatic heterocycles. The Labute approximate surface area is 104 Å². The summed E-state index contributed by atoms with van der Waals surface area (Å²) in [6.07, 6.45) is 7.98. The van der Waals surface area contributed by atoms with Crippen LogP contribution in [0.2, 0.25) is 0 Å². The first-order valence-electron chi connectivity index (χ1n) is 4.72. The van der Waals surface area contributed by atoms with Crippen molar-refractivity contribution in [2.24, 2.45) is 0 Å². The fourth-order valence-corrected chi connectivity index (χ4v) is 1.05. The molecule has 0 spiro atoms. The molecular formula is C9H20NNaO2. The van der Waals surface area contributed by atoms with Crippen molar-refractivity contribution in [3.8, 4) is 0 Å². The smallest absolute Gasteiger partial charge is 1.00 e. The summed E-state index contributed by atoms with van der Waals surface area (Å²) in [6.45, 7) is 2.84. The SMILES string of the molecule is CCCCCCCCONC=O.[H-].[Na+]. The number of hydrogen-bond acceptors (Lipinski definition) is 2. The minimum Gasteiger partial charge on any atom is -1.00 e. The molecule has 0 unspecified atom stereocenters. The van der Waals surface area contributed by atoms with Crippen LogP contribution in [0.4, 0.5) is 0 Å². The molecule has 0 heterocycles. The van der Waals surface area contributed by atoms with Crippen molar-refractivity contribution >= 4 is 6.41 Å². The topological polar surface area (TPSA) is 38.3 Å². The molecule has 0 aromatic heterocycles. The summed E-state index contributed by atoms with van der Waals surface area (Å²) in [6, 6.07) is 0. The zero-order valence-electron chi connectivity index (χ0n) is 9.84. The largest absolute Gasteiger partial charge is 1.00 e. The Morgan fingerprint density at radius 2 is 1.85 bits per heavy atom. The van der Waals surface area contributed by atoms with Gasteiger partial charge in [-0.2, -0.15) is 0 Å². The van der Waals surface area contributed by atoms with Gasteiger partial charge in [-0.3, -0.25) is 9.63 Å². The maximum absolute atomic E-state index is 9.74. The van der Waals surface area contributed by atoms with Crippen molar-refractivity contribution in [3.63, 3.8) is 0 Å². The van der Waals surface area contributed by atoms with E-state index in [1.807, 2.05) is 0 Å². The van der Waals surface area contributed by atoms with Crippen LogP contribution in [0.25, 0.3) is 0 Å². The van der Waals surface area contributed by atoms with E-state index in [4.69, 9.17) is 4.84 Å². The molecule has 0 saturated heterocycles. The van der Waals surface area contributed by atoms with Crippen molar-refractivity contribution < 1.29 is 40.6 Å². The molecule has 1 N–H and O–H groups in total. The third kappa shape index (κ3) is 15.2. The van der Waals surface area contributed by atoms with Crippen molar-refractivity contribution in [2.75, 3.05) is 6.61 Å². The predicted octanol–water partition coefficient (Wildman–Crippen LogP) is -0.859. The van der Waals surface area contributed by atoms with Crippen LogP contribution in [0.1, 0.15) is 46.9 Å². The first-order valence-corrected chi connectivity index (χ1v) is 4.72. The van der Waals surface area contributed by atoms with Crippen LogP contribution in [0.3, 0.4) is 0 Å². The van der Waals surface area contributed by atoms with Crippen molar-refractivity contribution in [3.05, 3.63) is 0 Å². The molecule has 0 fully saturated rings. The van der Waals surface area contributed by atoms with Gasteiger partial charge in [0.2, 0.25) is 6.41 Å². The third-order valence-corrected chi connectivity index (χ3v) is 1.73. The maximum atomic E-state index is 9.74. The van der Waals surface area contributed by atoms with Gasteiger partial charge in [0.25, 0.3) is 0 Å². The van der Waals surface area contributed by atoms with Crippen LogP contribution in [-0.2, 0) is 9.63 Å². The zero-order chi connectivity index (χ0) is 9.07. The average Bonchev–Trinajstić information content (AvgIpc) is 2.10. The Hall–Kier alpha value is 0.430. The molecule has 74 valence electrons. The molecule has 0 rings (SSSR count). The van der Waals surface area contributed by atoms with Crippen LogP contribution in [0, 0.1) is 0 Å². The molecule has 0 aliphatic carbocycles. The molecule has 0 atom stereocenters. The van der Waals surface area contributed by atoms with Crippen LogP contribution in [0.15, 0.2) is 0 Å². The Bertz CT molecular complexity index is 107. The van der Waals surface area contributed by atoms with E-state index in [1.54, 1.807) is 0 Å². The molecule has 0 bridgehead atoms. The quantitative estimate of drug-likeness (QED) is 0.226. The monoisotopic (exact) mass is 197 g/mol. The minimum atomic E-state index is 0. The van der Waals surface area contributed by atoms with Crippen LogP contribution < -0.4 is 35.0 Å². The van der Waals surface area contributed by atoms with Gasteiger partial charge in [-0.25, -0.2) is 5.48 Å². The molecule has 0 aromatic rings. The Morgan fingerprint density at radius 3 is 2.46 bits per heavy atom. The van der Waals surface area contributed by atoms with E-state index in [0.717, 1.165) is 6.42 Å². The summed E-state index contributed by atoms with van der Waals surface area (Å²) in [5.74, 6) is 0. The second kappa shape index (κ2) is 14.9. The zero-order valence-corrected chi connectivity index (χ0v) is 10.8. The van der Waals surface area contributed by atoms with Crippen molar-refractivity contribution in [1.82, 2.24) is 5.48 Å². The van der Waals surface area contributed by atoms with E-state index in [2.05, 4.69) is 12.4 Å². The van der Waals surface area contributed by atoms with Gasteiger partial charge in [0.1, 0.15) is 0 Å². The van der Waals surface area contributed by atoms with Crippen molar-refractivity contribution in [1.29, 1.82) is 0 Å². The number of nitrogens with one attached hydrogen (secondary N) is 1. The summed E-state index contributed by atoms with van der Waals surface area (Å²) >= 11 is 0. The molecule has 1 amide bonds. The van der Waals surface area contributed by atoms with Gasteiger partial charge in [-0.05, 0) is 6.42 Å². The number of carbonyl (C=O) groups is 1. The normalized spacial score (nSPS) is 9.00. The van der Waals surface area contributed by atoms with E-state index in [1.165, 1.54) is 32.1 Å². The molecule has 13 heavy (non-hydrogen) atoms. The molecule has 0 saturated carbocycles. The van der Waals surface area contributed by atoms with Gasteiger partial charge in [-0.1, -0.05) is 39.0 Å². The molecule has 0 radical (unpaired) electrons. The number of hydrogen-bond donors (Lipinski definition) is 1. The summed E-state index contributed by atoms with van der Waals surface area (Å²) in [7, 11) is 0. The minimum absolute atomic E-state index is 0. The van der Waals surface area contributed by atoms with E-state index in [-0.39, 0.29) is 31.0 Å². The summed E-state index contributed by atoms with van der Waals surface area (Å²) in [5.41, 5.74) is 2.17. The number of rotatable bonds is 9.